The van der Waals surface area contributed by atoms with Gasteiger partial charge in [0.05, 0.1) is 6.21 Å². The monoisotopic (exact) mass is 182 g/mol. The first-order chi connectivity index (χ1) is 5.75. The second kappa shape index (κ2) is 4.21. The van der Waals surface area contributed by atoms with Crippen LogP contribution in [-0.4, -0.2) is 12.9 Å². The van der Waals surface area contributed by atoms with Crippen LogP contribution in [0.3, 0.4) is 0 Å². The Hall–Kier alpha value is -0.890. The van der Waals surface area contributed by atoms with E-state index in [1.807, 2.05) is 6.92 Å². The minimum Gasteiger partial charge on any atom is -0.167 e. The summed E-state index contributed by atoms with van der Waals surface area (Å²) in [7, 11) is 0. The van der Waals surface area contributed by atoms with Gasteiger partial charge in [0, 0.05) is 17.3 Å². The molecule has 64 valence electrons. The minimum atomic E-state index is 0.863. The average Bonchev–Trinajstić information content (AvgIpc) is 2.04. The van der Waals surface area contributed by atoms with Crippen LogP contribution in [0.2, 0.25) is 0 Å². The molecule has 0 N–H and O–H groups in total. The number of hydrogen-bond acceptors (Lipinski definition) is 2. The van der Waals surface area contributed by atoms with Crippen molar-refractivity contribution in [3.05, 3.63) is 22.3 Å². The zero-order valence-corrected chi connectivity index (χ0v) is 7.80. The molecule has 1 aliphatic rings. The van der Waals surface area contributed by atoms with Gasteiger partial charge in [0.1, 0.15) is 0 Å². The molecule has 0 unspecified atom stereocenters. The maximum Gasteiger partial charge on any atom is 0.0582 e. The van der Waals surface area contributed by atoms with Gasteiger partial charge in [0.15, 0.2) is 0 Å². The van der Waals surface area contributed by atoms with Crippen molar-refractivity contribution in [3.63, 3.8) is 0 Å². The lowest BCUT2D eigenvalue weighted by molar-refractivity contribution is 0.988. The molecule has 0 spiro atoms. The zero-order valence-electron chi connectivity index (χ0n) is 7.05. The van der Waals surface area contributed by atoms with E-state index in [2.05, 4.69) is 23.0 Å². The summed E-state index contributed by atoms with van der Waals surface area (Å²) in [5.41, 5.74) is 2.15. The third-order valence-corrected chi connectivity index (χ3v) is 2.19. The van der Waals surface area contributed by atoms with Gasteiger partial charge in [-0.1, -0.05) is 17.7 Å². The van der Waals surface area contributed by atoms with Gasteiger partial charge in [-0.3, -0.25) is 0 Å². The van der Waals surface area contributed by atoms with E-state index in [1.165, 1.54) is 5.57 Å². The van der Waals surface area contributed by atoms with Gasteiger partial charge in [0.2, 0.25) is 0 Å². The van der Waals surface area contributed by atoms with Crippen LogP contribution < -0.4 is 0 Å². The standard InChI is InChI=1S/C9H11ClN2/c1-7-4-3-5-9(10)8(7)6-12-11-2/h4,6H,2-3,5H2,1H3. The smallest absolute Gasteiger partial charge is 0.0582 e. The highest BCUT2D eigenvalue weighted by atomic mass is 35.5. The Morgan fingerprint density at radius 1 is 1.67 bits per heavy atom. The van der Waals surface area contributed by atoms with Crippen molar-refractivity contribution in [1.82, 2.24) is 0 Å². The van der Waals surface area contributed by atoms with Gasteiger partial charge < -0.3 is 0 Å². The van der Waals surface area contributed by atoms with Gasteiger partial charge in [-0.25, -0.2) is 0 Å². The van der Waals surface area contributed by atoms with Crippen molar-refractivity contribution >= 4 is 24.5 Å². The van der Waals surface area contributed by atoms with Crippen molar-refractivity contribution in [2.45, 2.75) is 19.8 Å². The molecule has 2 nitrogen and oxygen atoms in total. The average molecular weight is 183 g/mol. The van der Waals surface area contributed by atoms with E-state index < -0.39 is 0 Å². The van der Waals surface area contributed by atoms with Crippen LogP contribution in [0.15, 0.2) is 32.5 Å². The van der Waals surface area contributed by atoms with Crippen molar-refractivity contribution in [3.8, 4) is 0 Å². The molecule has 0 aromatic rings. The van der Waals surface area contributed by atoms with Crippen molar-refractivity contribution in [2.75, 3.05) is 0 Å². The van der Waals surface area contributed by atoms with Crippen LogP contribution in [0.4, 0.5) is 0 Å². The predicted molar refractivity (Wildman–Crippen MR) is 53.9 cm³/mol. The van der Waals surface area contributed by atoms with Crippen molar-refractivity contribution in [1.29, 1.82) is 0 Å². The lowest BCUT2D eigenvalue weighted by atomic mass is 10.00. The Morgan fingerprint density at radius 2 is 2.42 bits per heavy atom. The lowest BCUT2D eigenvalue weighted by Crippen LogP contribution is -1.96. The third-order valence-electron chi connectivity index (χ3n) is 1.80. The molecular weight excluding hydrogens is 172 g/mol. The first kappa shape index (κ1) is 9.20. The van der Waals surface area contributed by atoms with Gasteiger partial charge >= 0.3 is 0 Å². The summed E-state index contributed by atoms with van der Waals surface area (Å²) >= 11 is 6.00. The highest BCUT2D eigenvalue weighted by Gasteiger charge is 2.08. The van der Waals surface area contributed by atoms with E-state index >= 15 is 0 Å². The fourth-order valence-electron chi connectivity index (χ4n) is 1.14. The summed E-state index contributed by atoms with van der Waals surface area (Å²) in [6.07, 6.45) is 5.72. The normalized spacial score (nSPS) is 18.3. The number of nitrogens with zero attached hydrogens (tertiary/aromatic N) is 2. The largest absolute Gasteiger partial charge is 0.167 e. The van der Waals surface area contributed by atoms with Gasteiger partial charge in [-0.15, -0.1) is 0 Å². The molecule has 0 aromatic carbocycles. The van der Waals surface area contributed by atoms with Gasteiger partial charge in [-0.2, -0.15) is 10.2 Å². The summed E-state index contributed by atoms with van der Waals surface area (Å²) in [5.74, 6) is 0. The Bertz CT molecular complexity index is 274. The van der Waals surface area contributed by atoms with E-state index in [0.29, 0.717) is 0 Å². The fraction of sp³-hybridized carbons (Fsp3) is 0.333. The van der Waals surface area contributed by atoms with E-state index in [4.69, 9.17) is 11.6 Å². The topological polar surface area (TPSA) is 24.7 Å². The van der Waals surface area contributed by atoms with Crippen LogP contribution in [0.25, 0.3) is 0 Å². The Labute approximate surface area is 77.3 Å². The highest BCUT2D eigenvalue weighted by molar-refractivity contribution is 6.31. The van der Waals surface area contributed by atoms with Crippen LogP contribution in [0.1, 0.15) is 19.8 Å². The third kappa shape index (κ3) is 2.05. The number of halogens is 1. The molecule has 0 heterocycles. The Balaban J connectivity index is 2.90. The van der Waals surface area contributed by atoms with E-state index in [9.17, 15) is 0 Å². The molecule has 0 bridgehead atoms. The first-order valence-corrected chi connectivity index (χ1v) is 4.18. The summed E-state index contributed by atoms with van der Waals surface area (Å²) in [4.78, 5) is 0. The first-order valence-electron chi connectivity index (χ1n) is 3.80. The Morgan fingerprint density at radius 3 is 3.00 bits per heavy atom. The summed E-state index contributed by atoms with van der Waals surface area (Å²) in [6.45, 7) is 5.28. The molecule has 0 radical (unpaired) electrons. The highest BCUT2D eigenvalue weighted by Crippen LogP contribution is 2.26. The molecule has 1 rings (SSSR count). The maximum absolute atomic E-state index is 6.00. The van der Waals surface area contributed by atoms with Gasteiger partial charge in [-0.05, 0) is 25.3 Å². The fourth-order valence-corrected chi connectivity index (χ4v) is 1.45. The molecule has 1 aliphatic carbocycles. The number of hydrogen-bond donors (Lipinski definition) is 0. The van der Waals surface area contributed by atoms with E-state index in [0.717, 1.165) is 23.4 Å². The van der Waals surface area contributed by atoms with Crippen LogP contribution >= 0.6 is 11.6 Å². The van der Waals surface area contributed by atoms with Gasteiger partial charge in [0.25, 0.3) is 0 Å². The molecule has 0 saturated carbocycles. The van der Waals surface area contributed by atoms with Crippen LogP contribution in [0.5, 0.6) is 0 Å². The second-order valence-corrected chi connectivity index (χ2v) is 3.09. The molecular formula is C9H11ClN2. The second-order valence-electron chi connectivity index (χ2n) is 2.63. The Kier molecular flexibility index (Phi) is 3.23. The summed E-state index contributed by atoms with van der Waals surface area (Å²) in [5, 5.41) is 7.96. The van der Waals surface area contributed by atoms with E-state index in [1.54, 1.807) is 6.21 Å². The van der Waals surface area contributed by atoms with Crippen molar-refractivity contribution < 1.29 is 0 Å². The summed E-state index contributed by atoms with van der Waals surface area (Å²) in [6, 6.07) is 0. The molecule has 0 fully saturated rings. The maximum atomic E-state index is 6.00. The molecule has 0 amide bonds. The summed E-state index contributed by atoms with van der Waals surface area (Å²) < 4.78 is 0. The predicted octanol–water partition coefficient (Wildman–Crippen LogP) is 2.91. The molecule has 0 atom stereocenters. The lowest BCUT2D eigenvalue weighted by Gasteiger charge is -2.10. The minimum absolute atomic E-state index is 0.863. The van der Waals surface area contributed by atoms with Crippen LogP contribution in [0, 0.1) is 0 Å². The molecule has 3 heteroatoms. The molecule has 12 heavy (non-hydrogen) atoms. The zero-order chi connectivity index (χ0) is 8.97. The van der Waals surface area contributed by atoms with Crippen molar-refractivity contribution in [2.24, 2.45) is 10.2 Å². The number of allylic oxidation sites excluding steroid dienone is 4. The molecule has 0 aromatic heterocycles. The quantitative estimate of drug-likeness (QED) is 0.464. The molecule has 0 saturated heterocycles. The molecule has 0 aliphatic heterocycles. The number of rotatable bonds is 2. The van der Waals surface area contributed by atoms with Crippen LogP contribution in [-0.2, 0) is 0 Å². The van der Waals surface area contributed by atoms with E-state index in [-0.39, 0.29) is 0 Å². The SMILES string of the molecule is C=NN=CC1=C(Cl)CCC=C1C.